The summed E-state index contributed by atoms with van der Waals surface area (Å²) in [5, 5.41) is 0. The summed E-state index contributed by atoms with van der Waals surface area (Å²) in [5.74, 6) is -1.03. The normalized spacial score (nSPS) is 13.9. The van der Waals surface area contributed by atoms with Gasteiger partial charge in [0.1, 0.15) is 0 Å². The van der Waals surface area contributed by atoms with Gasteiger partial charge >= 0.3 is 12.1 Å². The fourth-order valence-corrected chi connectivity index (χ4v) is 1.47. The number of ether oxygens (including phenoxy) is 1. The number of carbonyl (C=O) groups excluding carboxylic acids is 1. The van der Waals surface area contributed by atoms with Crippen LogP contribution in [0.4, 0.5) is 13.2 Å². The highest BCUT2D eigenvalue weighted by Crippen LogP contribution is 2.17. The zero-order chi connectivity index (χ0) is 12.8. The largest absolute Gasteiger partial charge is 0.469 e. The van der Waals surface area contributed by atoms with Gasteiger partial charge in [0.25, 0.3) is 0 Å². The summed E-state index contributed by atoms with van der Waals surface area (Å²) in [4.78, 5) is 12.3. The summed E-state index contributed by atoms with van der Waals surface area (Å²) in [6.07, 6.45) is -3.62. The molecule has 0 aliphatic carbocycles. The van der Waals surface area contributed by atoms with Crippen LogP contribution >= 0.6 is 0 Å². The van der Waals surface area contributed by atoms with Crippen molar-refractivity contribution in [1.29, 1.82) is 0 Å². The topological polar surface area (TPSA) is 29.5 Å². The first kappa shape index (κ1) is 15.2. The van der Waals surface area contributed by atoms with Crippen LogP contribution in [0.2, 0.25) is 0 Å². The Hall–Kier alpha value is -0.780. The first-order chi connectivity index (χ1) is 7.30. The zero-order valence-electron chi connectivity index (χ0n) is 9.80. The molecule has 0 radical (unpaired) electrons. The average molecular weight is 241 g/mol. The number of esters is 1. The van der Waals surface area contributed by atoms with E-state index in [9.17, 15) is 18.0 Å². The van der Waals surface area contributed by atoms with Crippen LogP contribution in [-0.2, 0) is 9.53 Å². The molecule has 0 fully saturated rings. The Morgan fingerprint density at radius 3 is 2.38 bits per heavy atom. The van der Waals surface area contributed by atoms with Gasteiger partial charge in [0.15, 0.2) is 0 Å². The molecule has 1 atom stereocenters. The number of methoxy groups -OCH3 is 1. The molecular weight excluding hydrogens is 223 g/mol. The SMILES string of the molecule is CCCN(CC(C)C(=O)OC)CC(F)(F)F. The molecule has 0 saturated carbocycles. The Balaban J connectivity index is 4.27. The third-order valence-electron chi connectivity index (χ3n) is 2.08. The van der Waals surface area contributed by atoms with Crippen LogP contribution in [0, 0.1) is 5.92 Å². The maximum absolute atomic E-state index is 12.2. The second kappa shape index (κ2) is 6.73. The van der Waals surface area contributed by atoms with Crippen molar-refractivity contribution in [3.8, 4) is 0 Å². The molecule has 0 aromatic heterocycles. The Bertz CT molecular complexity index is 219. The molecule has 0 amide bonds. The third kappa shape index (κ3) is 6.66. The van der Waals surface area contributed by atoms with E-state index < -0.39 is 24.6 Å². The van der Waals surface area contributed by atoms with Crippen molar-refractivity contribution in [1.82, 2.24) is 4.90 Å². The molecule has 0 aliphatic heterocycles. The molecule has 0 rings (SSSR count). The quantitative estimate of drug-likeness (QED) is 0.667. The van der Waals surface area contributed by atoms with Crippen molar-refractivity contribution >= 4 is 5.97 Å². The van der Waals surface area contributed by atoms with Crippen LogP contribution in [-0.4, -0.2) is 43.8 Å². The molecule has 3 nitrogen and oxygen atoms in total. The van der Waals surface area contributed by atoms with Crippen molar-refractivity contribution in [3.05, 3.63) is 0 Å². The molecule has 0 bridgehead atoms. The summed E-state index contributed by atoms with van der Waals surface area (Å²) >= 11 is 0. The second-order valence-corrected chi connectivity index (χ2v) is 3.77. The van der Waals surface area contributed by atoms with Crippen molar-refractivity contribution < 1.29 is 22.7 Å². The highest BCUT2D eigenvalue weighted by atomic mass is 19.4. The molecule has 0 aromatic carbocycles. The molecule has 6 heteroatoms. The van der Waals surface area contributed by atoms with Gasteiger partial charge in [-0.05, 0) is 13.0 Å². The van der Waals surface area contributed by atoms with Gasteiger partial charge in [-0.1, -0.05) is 13.8 Å². The van der Waals surface area contributed by atoms with E-state index in [2.05, 4.69) is 4.74 Å². The number of halogens is 3. The van der Waals surface area contributed by atoms with E-state index in [1.807, 2.05) is 0 Å². The zero-order valence-corrected chi connectivity index (χ0v) is 9.80. The average Bonchev–Trinajstić information content (AvgIpc) is 2.14. The maximum Gasteiger partial charge on any atom is 0.401 e. The molecule has 0 aliphatic rings. The number of hydrogen-bond donors (Lipinski definition) is 0. The molecule has 0 spiro atoms. The molecule has 0 aromatic rings. The van der Waals surface area contributed by atoms with E-state index in [0.717, 1.165) is 0 Å². The van der Waals surface area contributed by atoms with Crippen LogP contribution in [0.15, 0.2) is 0 Å². The summed E-state index contributed by atoms with van der Waals surface area (Å²) in [7, 11) is 1.23. The van der Waals surface area contributed by atoms with E-state index in [0.29, 0.717) is 13.0 Å². The van der Waals surface area contributed by atoms with Gasteiger partial charge in [-0.15, -0.1) is 0 Å². The van der Waals surface area contributed by atoms with Gasteiger partial charge in [-0.2, -0.15) is 13.2 Å². The highest BCUT2D eigenvalue weighted by Gasteiger charge is 2.31. The van der Waals surface area contributed by atoms with Crippen LogP contribution in [0.25, 0.3) is 0 Å². The second-order valence-electron chi connectivity index (χ2n) is 3.77. The third-order valence-corrected chi connectivity index (χ3v) is 2.08. The number of carbonyl (C=O) groups is 1. The van der Waals surface area contributed by atoms with Crippen molar-refractivity contribution in [2.45, 2.75) is 26.4 Å². The smallest absolute Gasteiger partial charge is 0.401 e. The minimum atomic E-state index is -4.23. The lowest BCUT2D eigenvalue weighted by molar-refractivity contribution is -0.154. The predicted molar refractivity (Wildman–Crippen MR) is 54.0 cm³/mol. The lowest BCUT2D eigenvalue weighted by atomic mass is 10.1. The molecular formula is C10H18F3NO2. The Morgan fingerprint density at radius 1 is 1.44 bits per heavy atom. The van der Waals surface area contributed by atoms with Gasteiger partial charge in [-0.25, -0.2) is 0 Å². The van der Waals surface area contributed by atoms with Crippen LogP contribution in [0.3, 0.4) is 0 Å². The fraction of sp³-hybridized carbons (Fsp3) is 0.900. The standard InChI is InChI=1S/C10H18F3NO2/c1-4-5-14(7-10(11,12)13)6-8(2)9(15)16-3/h8H,4-7H2,1-3H3. The predicted octanol–water partition coefficient (Wildman–Crippen LogP) is 2.07. The minimum Gasteiger partial charge on any atom is -0.469 e. The fourth-order valence-electron chi connectivity index (χ4n) is 1.47. The monoisotopic (exact) mass is 241 g/mol. The Morgan fingerprint density at radius 2 is 2.00 bits per heavy atom. The maximum atomic E-state index is 12.2. The van der Waals surface area contributed by atoms with E-state index in [1.165, 1.54) is 12.0 Å². The van der Waals surface area contributed by atoms with Gasteiger partial charge < -0.3 is 4.74 Å². The molecule has 0 heterocycles. The van der Waals surface area contributed by atoms with Crippen molar-refractivity contribution in [2.75, 3.05) is 26.7 Å². The lowest BCUT2D eigenvalue weighted by Crippen LogP contribution is -2.39. The van der Waals surface area contributed by atoms with Crippen LogP contribution in [0.5, 0.6) is 0 Å². The summed E-state index contributed by atoms with van der Waals surface area (Å²) in [6.45, 7) is 2.76. The Kier molecular flexibility index (Phi) is 6.40. The summed E-state index contributed by atoms with van der Waals surface area (Å²) in [6, 6.07) is 0. The lowest BCUT2D eigenvalue weighted by Gasteiger charge is -2.25. The summed E-state index contributed by atoms with van der Waals surface area (Å²) < 4.78 is 41.1. The van der Waals surface area contributed by atoms with Crippen molar-refractivity contribution in [3.63, 3.8) is 0 Å². The van der Waals surface area contributed by atoms with E-state index >= 15 is 0 Å². The first-order valence-corrected chi connectivity index (χ1v) is 5.17. The minimum absolute atomic E-state index is 0.0695. The van der Waals surface area contributed by atoms with Crippen LogP contribution in [0.1, 0.15) is 20.3 Å². The number of rotatable bonds is 6. The van der Waals surface area contributed by atoms with E-state index in [4.69, 9.17) is 0 Å². The van der Waals surface area contributed by atoms with Crippen molar-refractivity contribution in [2.24, 2.45) is 5.92 Å². The number of alkyl halides is 3. The van der Waals surface area contributed by atoms with Gasteiger partial charge in [0.2, 0.25) is 0 Å². The van der Waals surface area contributed by atoms with Gasteiger partial charge in [-0.3, -0.25) is 9.69 Å². The van der Waals surface area contributed by atoms with E-state index in [-0.39, 0.29) is 6.54 Å². The van der Waals surface area contributed by atoms with Gasteiger partial charge in [0, 0.05) is 6.54 Å². The first-order valence-electron chi connectivity index (χ1n) is 5.17. The molecule has 0 N–H and O–H groups in total. The molecule has 96 valence electrons. The highest BCUT2D eigenvalue weighted by molar-refractivity contribution is 5.72. The number of nitrogens with zero attached hydrogens (tertiary/aromatic N) is 1. The van der Waals surface area contributed by atoms with Gasteiger partial charge in [0.05, 0.1) is 19.6 Å². The Labute approximate surface area is 93.6 Å². The molecule has 1 unspecified atom stereocenters. The van der Waals surface area contributed by atoms with Crippen LogP contribution < -0.4 is 0 Å². The van der Waals surface area contributed by atoms with E-state index in [1.54, 1.807) is 13.8 Å². The summed E-state index contributed by atoms with van der Waals surface area (Å²) in [5.41, 5.74) is 0. The molecule has 0 saturated heterocycles. The molecule has 16 heavy (non-hydrogen) atoms. The number of hydrogen-bond acceptors (Lipinski definition) is 3.